The third kappa shape index (κ3) is 2.47. The van der Waals surface area contributed by atoms with Crippen LogP contribution in [0.1, 0.15) is 17.5 Å². The number of hydrogen-bond donors (Lipinski definition) is 1. The highest BCUT2D eigenvalue weighted by Crippen LogP contribution is 2.34. The van der Waals surface area contributed by atoms with Crippen LogP contribution in [-0.4, -0.2) is 24.1 Å². The number of ether oxygens (including phenoxy) is 1. The van der Waals surface area contributed by atoms with E-state index in [1.807, 2.05) is 0 Å². The van der Waals surface area contributed by atoms with Crippen molar-refractivity contribution in [3.63, 3.8) is 0 Å². The smallest absolute Gasteiger partial charge is 0.374 e. The summed E-state index contributed by atoms with van der Waals surface area (Å²) < 4.78 is 20.6. The summed E-state index contributed by atoms with van der Waals surface area (Å²) in [5.41, 5.74) is -0.0967. The molecule has 0 aliphatic carbocycles. The molecule has 0 radical (unpaired) electrons. The van der Waals surface area contributed by atoms with E-state index in [1.54, 1.807) is 6.92 Å². The Kier molecular flexibility index (Phi) is 3.13. The van der Waals surface area contributed by atoms with Crippen LogP contribution in [0.3, 0.4) is 0 Å². The van der Waals surface area contributed by atoms with Crippen molar-refractivity contribution in [2.24, 2.45) is 0 Å². The van der Waals surface area contributed by atoms with Gasteiger partial charge in [-0.3, -0.25) is 4.57 Å². The van der Waals surface area contributed by atoms with E-state index in [1.165, 1.54) is 12.1 Å². The number of esters is 1. The van der Waals surface area contributed by atoms with E-state index in [0.29, 0.717) is 0 Å². The lowest BCUT2D eigenvalue weighted by Gasteiger charge is -2.00. The van der Waals surface area contributed by atoms with Crippen molar-refractivity contribution in [3.05, 3.63) is 17.9 Å². The van der Waals surface area contributed by atoms with Crippen LogP contribution in [0, 0.1) is 0 Å². The quantitative estimate of drug-likeness (QED) is 0.604. The van der Waals surface area contributed by atoms with E-state index in [4.69, 9.17) is 9.31 Å². The fourth-order valence-electron chi connectivity index (χ4n) is 0.863. The Morgan fingerprint density at radius 2 is 2.29 bits per heavy atom. The molecule has 14 heavy (non-hydrogen) atoms. The summed E-state index contributed by atoms with van der Waals surface area (Å²) in [5, 5.41) is 0. The molecule has 0 fully saturated rings. The van der Waals surface area contributed by atoms with Crippen molar-refractivity contribution in [3.8, 4) is 0 Å². The van der Waals surface area contributed by atoms with Crippen LogP contribution in [0.5, 0.6) is 0 Å². The largest absolute Gasteiger partial charge is 0.460 e. The Bertz CT molecular complexity index is 375. The lowest BCUT2D eigenvalue weighted by molar-refractivity contribution is 0.0492. The molecule has 0 saturated heterocycles. The molecule has 1 rings (SSSR count). The van der Waals surface area contributed by atoms with Gasteiger partial charge in [-0.25, -0.2) is 4.79 Å². The van der Waals surface area contributed by atoms with Crippen molar-refractivity contribution in [2.45, 2.75) is 6.92 Å². The molecule has 0 spiro atoms. The molecule has 0 amide bonds. The van der Waals surface area contributed by atoms with E-state index in [0.717, 1.165) is 6.66 Å². The fraction of sp³-hybridized carbons (Fsp3) is 0.375. The molecule has 78 valence electrons. The van der Waals surface area contributed by atoms with Crippen LogP contribution in [0.2, 0.25) is 0 Å². The zero-order valence-corrected chi connectivity index (χ0v) is 8.78. The highest BCUT2D eigenvalue weighted by Gasteiger charge is 2.21. The van der Waals surface area contributed by atoms with Crippen LogP contribution in [0.4, 0.5) is 0 Å². The Hall–Kier alpha value is -1.06. The van der Waals surface area contributed by atoms with E-state index >= 15 is 0 Å². The molecule has 1 atom stereocenters. The molecule has 0 aliphatic rings. The number of carbonyl (C=O) groups is 1. The third-order valence-corrected chi connectivity index (χ3v) is 2.54. The predicted molar refractivity (Wildman–Crippen MR) is 50.0 cm³/mol. The van der Waals surface area contributed by atoms with Gasteiger partial charge in [0.1, 0.15) is 0 Å². The van der Waals surface area contributed by atoms with Gasteiger partial charge in [-0.05, 0) is 19.1 Å². The van der Waals surface area contributed by atoms with Gasteiger partial charge in [0.05, 0.1) is 6.61 Å². The lowest BCUT2D eigenvalue weighted by Crippen LogP contribution is -2.04. The molecule has 0 aromatic carbocycles. The predicted octanol–water partition coefficient (Wildman–Crippen LogP) is 0.982. The first-order chi connectivity index (χ1) is 6.45. The maximum Gasteiger partial charge on any atom is 0.374 e. The molecule has 0 bridgehead atoms. The number of carbonyl (C=O) groups excluding carboxylic acids is 1. The van der Waals surface area contributed by atoms with Gasteiger partial charge in [0.15, 0.2) is 5.50 Å². The minimum absolute atomic E-state index is 0.0574. The number of rotatable bonds is 3. The number of hydrogen-bond acceptors (Lipinski definition) is 4. The Balaban J connectivity index is 2.89. The van der Waals surface area contributed by atoms with Crippen LogP contribution in [-0.2, 0) is 9.30 Å². The molecule has 1 N–H and O–H groups in total. The average Bonchev–Trinajstić information content (AvgIpc) is 2.51. The van der Waals surface area contributed by atoms with Gasteiger partial charge in [0.2, 0.25) is 5.76 Å². The summed E-state index contributed by atoms with van der Waals surface area (Å²) in [6.45, 7) is 3.04. The summed E-state index contributed by atoms with van der Waals surface area (Å²) in [4.78, 5) is 20.2. The summed E-state index contributed by atoms with van der Waals surface area (Å²) in [6.07, 6.45) is 0. The van der Waals surface area contributed by atoms with Gasteiger partial charge in [-0.1, -0.05) is 0 Å². The Morgan fingerprint density at radius 3 is 2.71 bits per heavy atom. The van der Waals surface area contributed by atoms with E-state index < -0.39 is 13.3 Å². The Labute approximate surface area is 81.1 Å². The molecule has 0 saturated carbocycles. The van der Waals surface area contributed by atoms with E-state index in [2.05, 4.69) is 4.74 Å². The van der Waals surface area contributed by atoms with Crippen molar-refractivity contribution < 1.29 is 23.4 Å². The minimum Gasteiger partial charge on any atom is -0.460 e. The topological polar surface area (TPSA) is 76.7 Å². The summed E-state index contributed by atoms with van der Waals surface area (Å²) in [6, 6.07) is 2.62. The second-order valence-electron chi connectivity index (χ2n) is 2.74. The van der Waals surface area contributed by atoms with Gasteiger partial charge < -0.3 is 14.0 Å². The van der Waals surface area contributed by atoms with Crippen molar-refractivity contribution >= 4 is 18.8 Å². The van der Waals surface area contributed by atoms with Crippen molar-refractivity contribution in [1.29, 1.82) is 0 Å². The Morgan fingerprint density at radius 1 is 1.64 bits per heavy atom. The van der Waals surface area contributed by atoms with Crippen LogP contribution < -0.4 is 5.50 Å². The maximum atomic E-state index is 11.1. The van der Waals surface area contributed by atoms with Crippen molar-refractivity contribution in [1.82, 2.24) is 0 Å². The van der Waals surface area contributed by atoms with Crippen LogP contribution in [0.15, 0.2) is 16.5 Å². The molecule has 1 aromatic rings. The third-order valence-electron chi connectivity index (χ3n) is 1.48. The monoisotopic (exact) mass is 218 g/mol. The normalized spacial score (nSPS) is 14.8. The van der Waals surface area contributed by atoms with Gasteiger partial charge in [-0.2, -0.15) is 0 Å². The first-order valence-electron chi connectivity index (χ1n) is 4.03. The molecule has 1 unspecified atom stereocenters. The maximum absolute atomic E-state index is 11.1. The van der Waals surface area contributed by atoms with E-state index in [9.17, 15) is 9.36 Å². The van der Waals surface area contributed by atoms with Crippen LogP contribution >= 0.6 is 7.37 Å². The minimum atomic E-state index is -3.43. The second kappa shape index (κ2) is 3.98. The summed E-state index contributed by atoms with van der Waals surface area (Å²) in [5.74, 6) is -0.690. The van der Waals surface area contributed by atoms with Gasteiger partial charge in [0.25, 0.3) is 7.37 Å². The molecule has 0 aliphatic heterocycles. The highest BCUT2D eigenvalue weighted by molar-refractivity contribution is 7.64. The SMILES string of the molecule is CCOC(=O)c1ccc(P(C)(=O)O)o1. The molecular formula is C8H11O5P. The van der Waals surface area contributed by atoms with Gasteiger partial charge >= 0.3 is 5.97 Å². The average molecular weight is 218 g/mol. The second-order valence-corrected chi connectivity index (χ2v) is 4.94. The summed E-state index contributed by atoms with van der Waals surface area (Å²) >= 11 is 0. The first-order valence-corrected chi connectivity index (χ1v) is 6.13. The number of furan rings is 1. The first kappa shape index (κ1) is 11.0. The molecule has 6 heteroatoms. The van der Waals surface area contributed by atoms with Crippen LogP contribution in [0.25, 0.3) is 0 Å². The van der Waals surface area contributed by atoms with E-state index in [-0.39, 0.29) is 17.9 Å². The van der Waals surface area contributed by atoms with Gasteiger partial charge in [0, 0.05) is 6.66 Å². The molecule has 1 heterocycles. The molecule has 1 aromatic heterocycles. The zero-order valence-electron chi connectivity index (χ0n) is 7.89. The van der Waals surface area contributed by atoms with Gasteiger partial charge in [-0.15, -0.1) is 0 Å². The standard InChI is InChI=1S/C8H11O5P/c1-3-12-8(9)6-4-5-7(13-6)14(2,10)11/h4-5H,3H2,1-2H3,(H,10,11). The summed E-state index contributed by atoms with van der Waals surface area (Å²) in [7, 11) is -3.43. The fourth-order valence-corrected chi connectivity index (χ4v) is 1.48. The highest BCUT2D eigenvalue weighted by atomic mass is 31.2. The zero-order chi connectivity index (χ0) is 10.8. The van der Waals surface area contributed by atoms with Crippen molar-refractivity contribution in [2.75, 3.05) is 13.3 Å². The lowest BCUT2D eigenvalue weighted by atomic mass is 10.5. The molecule has 5 nitrogen and oxygen atoms in total. The molecular weight excluding hydrogens is 207 g/mol.